The summed E-state index contributed by atoms with van der Waals surface area (Å²) in [5.74, 6) is -2.02. The third-order valence-corrected chi connectivity index (χ3v) is 4.52. The number of nitrogens with zero attached hydrogens (tertiary/aromatic N) is 1. The molecule has 0 saturated carbocycles. The third-order valence-electron chi connectivity index (χ3n) is 4.52. The minimum atomic E-state index is -0.709. The first-order chi connectivity index (χ1) is 13.4. The number of benzene rings is 3. The summed E-state index contributed by atoms with van der Waals surface area (Å²) in [5.41, 5.74) is 1.09. The van der Waals surface area contributed by atoms with E-state index in [0.717, 1.165) is 28.5 Å². The lowest BCUT2D eigenvalue weighted by atomic mass is 10.0. The molecule has 0 radical (unpaired) electrons. The van der Waals surface area contributed by atoms with E-state index >= 15 is 0 Å². The van der Waals surface area contributed by atoms with Gasteiger partial charge in [0.15, 0.2) is 0 Å². The highest BCUT2D eigenvalue weighted by molar-refractivity contribution is 5.91. The molecular formula is C22H20F2N2O2. The normalized spacial score (nSPS) is 10.7. The molecule has 0 aliphatic carbocycles. The quantitative estimate of drug-likeness (QED) is 0.710. The van der Waals surface area contributed by atoms with E-state index in [1.165, 1.54) is 18.0 Å². The summed E-state index contributed by atoms with van der Waals surface area (Å²) in [5, 5.41) is 4.64. The molecule has 0 spiro atoms. The Morgan fingerprint density at radius 3 is 2.50 bits per heavy atom. The molecular weight excluding hydrogens is 362 g/mol. The maximum Gasteiger partial charge on any atom is 0.242 e. The number of likely N-dealkylation sites (N-methyl/N-ethyl adjacent to an activating group) is 1. The van der Waals surface area contributed by atoms with Crippen molar-refractivity contribution in [3.05, 3.63) is 83.4 Å². The average Bonchev–Trinajstić information content (AvgIpc) is 2.68. The Kier molecular flexibility index (Phi) is 5.99. The lowest BCUT2D eigenvalue weighted by Gasteiger charge is -2.18. The van der Waals surface area contributed by atoms with Crippen molar-refractivity contribution in [3.63, 3.8) is 0 Å². The van der Waals surface area contributed by atoms with Crippen LogP contribution >= 0.6 is 0 Å². The molecule has 3 rings (SSSR count). The van der Waals surface area contributed by atoms with Crippen LogP contribution in [0.4, 0.5) is 8.78 Å². The topological polar surface area (TPSA) is 49.4 Å². The number of hydrogen-bond acceptors (Lipinski definition) is 2. The summed E-state index contributed by atoms with van der Waals surface area (Å²) < 4.78 is 26.7. The summed E-state index contributed by atoms with van der Waals surface area (Å²) in [6.45, 7) is -0.201. The van der Waals surface area contributed by atoms with E-state index in [2.05, 4.69) is 5.32 Å². The van der Waals surface area contributed by atoms with Crippen molar-refractivity contribution >= 4 is 22.6 Å². The van der Waals surface area contributed by atoms with E-state index in [-0.39, 0.29) is 36.9 Å². The largest absolute Gasteiger partial charge is 0.347 e. The summed E-state index contributed by atoms with van der Waals surface area (Å²) >= 11 is 0. The van der Waals surface area contributed by atoms with Gasteiger partial charge in [0, 0.05) is 25.2 Å². The van der Waals surface area contributed by atoms with Crippen molar-refractivity contribution in [2.24, 2.45) is 0 Å². The molecule has 4 nitrogen and oxygen atoms in total. The highest BCUT2D eigenvalue weighted by Crippen LogP contribution is 2.18. The molecule has 3 aromatic carbocycles. The number of fused-ring (bicyclic) bond motifs is 1. The van der Waals surface area contributed by atoms with Crippen molar-refractivity contribution in [1.29, 1.82) is 0 Å². The molecule has 0 aliphatic rings. The number of amides is 2. The number of carbonyl (C=O) groups is 2. The first-order valence-electron chi connectivity index (χ1n) is 8.85. The van der Waals surface area contributed by atoms with Gasteiger partial charge in [-0.25, -0.2) is 8.78 Å². The van der Waals surface area contributed by atoms with Crippen molar-refractivity contribution in [1.82, 2.24) is 10.2 Å². The van der Waals surface area contributed by atoms with E-state index in [9.17, 15) is 18.4 Å². The summed E-state index contributed by atoms with van der Waals surface area (Å²) in [6, 6.07) is 16.7. The Morgan fingerprint density at radius 2 is 1.71 bits per heavy atom. The number of nitrogens with one attached hydrogen (secondary N) is 1. The van der Waals surface area contributed by atoms with E-state index in [4.69, 9.17) is 0 Å². The van der Waals surface area contributed by atoms with Crippen molar-refractivity contribution < 1.29 is 18.4 Å². The standard InChI is InChI=1S/C22H20F2N2O2/c1-26(14-17-9-10-18(23)12-20(17)24)22(28)13-25-21(27)11-16-7-4-6-15-5-2-3-8-19(15)16/h2-10,12H,11,13-14H2,1H3,(H,25,27). The molecule has 1 N–H and O–H groups in total. The van der Waals surface area contributed by atoms with Gasteiger partial charge in [-0.05, 0) is 22.4 Å². The second kappa shape index (κ2) is 8.61. The highest BCUT2D eigenvalue weighted by atomic mass is 19.1. The van der Waals surface area contributed by atoms with Gasteiger partial charge >= 0.3 is 0 Å². The second-order valence-electron chi connectivity index (χ2n) is 6.58. The van der Waals surface area contributed by atoms with Crippen LogP contribution in [-0.4, -0.2) is 30.3 Å². The molecule has 0 heterocycles. The van der Waals surface area contributed by atoms with Gasteiger partial charge in [0.05, 0.1) is 13.0 Å². The maximum absolute atomic E-state index is 13.7. The summed E-state index contributed by atoms with van der Waals surface area (Å²) in [7, 11) is 1.50. The van der Waals surface area contributed by atoms with Crippen molar-refractivity contribution in [3.8, 4) is 0 Å². The predicted octanol–water partition coefficient (Wildman–Crippen LogP) is 3.44. The summed E-state index contributed by atoms with van der Waals surface area (Å²) in [4.78, 5) is 25.7. The molecule has 6 heteroatoms. The van der Waals surface area contributed by atoms with Gasteiger partial charge in [-0.3, -0.25) is 9.59 Å². The Labute approximate surface area is 161 Å². The zero-order valence-corrected chi connectivity index (χ0v) is 15.4. The highest BCUT2D eigenvalue weighted by Gasteiger charge is 2.14. The van der Waals surface area contributed by atoms with E-state index in [0.29, 0.717) is 0 Å². The van der Waals surface area contributed by atoms with Gasteiger partial charge in [0.2, 0.25) is 11.8 Å². The molecule has 0 aromatic heterocycles. The van der Waals surface area contributed by atoms with Gasteiger partial charge in [-0.1, -0.05) is 48.5 Å². The average molecular weight is 382 g/mol. The Morgan fingerprint density at radius 1 is 0.964 bits per heavy atom. The Bertz CT molecular complexity index is 1020. The monoisotopic (exact) mass is 382 g/mol. The van der Waals surface area contributed by atoms with Crippen LogP contribution in [0.1, 0.15) is 11.1 Å². The maximum atomic E-state index is 13.7. The van der Waals surface area contributed by atoms with Crippen LogP contribution in [0, 0.1) is 11.6 Å². The first kappa shape index (κ1) is 19.5. The van der Waals surface area contributed by atoms with Crippen LogP contribution < -0.4 is 5.32 Å². The van der Waals surface area contributed by atoms with Crippen LogP contribution in [0.25, 0.3) is 10.8 Å². The molecule has 0 atom stereocenters. The number of hydrogen-bond donors (Lipinski definition) is 1. The lowest BCUT2D eigenvalue weighted by molar-refractivity contribution is -0.132. The number of carbonyl (C=O) groups excluding carboxylic acids is 2. The fourth-order valence-electron chi connectivity index (χ4n) is 2.98. The molecule has 28 heavy (non-hydrogen) atoms. The Balaban J connectivity index is 1.55. The minimum Gasteiger partial charge on any atom is -0.347 e. The predicted molar refractivity (Wildman–Crippen MR) is 103 cm³/mol. The van der Waals surface area contributed by atoms with Crippen LogP contribution in [0.3, 0.4) is 0 Å². The van der Waals surface area contributed by atoms with Gasteiger partial charge in [-0.15, -0.1) is 0 Å². The fraction of sp³-hybridized carbons (Fsp3) is 0.182. The number of rotatable bonds is 6. The molecule has 0 saturated heterocycles. The van der Waals surface area contributed by atoms with Gasteiger partial charge in [0.1, 0.15) is 11.6 Å². The third kappa shape index (κ3) is 4.71. The Hall–Kier alpha value is -3.28. The molecule has 0 aliphatic heterocycles. The van der Waals surface area contributed by atoms with Crippen LogP contribution in [0.15, 0.2) is 60.7 Å². The lowest BCUT2D eigenvalue weighted by Crippen LogP contribution is -2.38. The van der Waals surface area contributed by atoms with Gasteiger partial charge in [0.25, 0.3) is 0 Å². The molecule has 2 amide bonds. The zero-order valence-electron chi connectivity index (χ0n) is 15.4. The van der Waals surface area contributed by atoms with Crippen molar-refractivity contribution in [2.75, 3.05) is 13.6 Å². The van der Waals surface area contributed by atoms with Gasteiger partial charge < -0.3 is 10.2 Å². The van der Waals surface area contributed by atoms with E-state index in [1.807, 2.05) is 42.5 Å². The summed E-state index contributed by atoms with van der Waals surface area (Å²) in [6.07, 6.45) is 0.158. The molecule has 0 fully saturated rings. The molecule has 0 bridgehead atoms. The van der Waals surface area contributed by atoms with Crippen LogP contribution in [0.2, 0.25) is 0 Å². The SMILES string of the molecule is CN(Cc1ccc(F)cc1F)C(=O)CNC(=O)Cc1cccc2ccccc12. The van der Waals surface area contributed by atoms with Crippen molar-refractivity contribution in [2.45, 2.75) is 13.0 Å². The molecule has 144 valence electrons. The van der Waals surface area contributed by atoms with Gasteiger partial charge in [-0.2, -0.15) is 0 Å². The van der Waals surface area contributed by atoms with E-state index < -0.39 is 11.6 Å². The van der Waals surface area contributed by atoms with Crippen LogP contribution in [0.5, 0.6) is 0 Å². The smallest absolute Gasteiger partial charge is 0.242 e. The molecule has 0 unspecified atom stereocenters. The first-order valence-corrected chi connectivity index (χ1v) is 8.85. The van der Waals surface area contributed by atoms with Crippen LogP contribution in [-0.2, 0) is 22.6 Å². The molecule has 3 aromatic rings. The number of halogens is 2. The fourth-order valence-corrected chi connectivity index (χ4v) is 2.98. The van der Waals surface area contributed by atoms with E-state index in [1.54, 1.807) is 0 Å². The zero-order chi connectivity index (χ0) is 20.1. The minimum absolute atomic E-state index is 0.00978. The second-order valence-corrected chi connectivity index (χ2v) is 6.58.